The predicted octanol–water partition coefficient (Wildman–Crippen LogP) is 1.98. The third kappa shape index (κ3) is 3.94. The molecule has 0 aliphatic carbocycles. The van der Waals surface area contributed by atoms with E-state index >= 15 is 0 Å². The first-order valence-corrected chi connectivity index (χ1v) is 5.91. The largest absolute Gasteiger partial charge is 0.481 e. The van der Waals surface area contributed by atoms with Crippen molar-refractivity contribution in [3.8, 4) is 0 Å². The lowest BCUT2D eigenvalue weighted by atomic mass is 10.2. The van der Waals surface area contributed by atoms with Gasteiger partial charge in [-0.2, -0.15) is 0 Å². The lowest BCUT2D eigenvalue weighted by Crippen LogP contribution is -2.37. The number of halogens is 3. The van der Waals surface area contributed by atoms with Crippen molar-refractivity contribution in [1.82, 2.24) is 0 Å². The number of rotatable bonds is 4. The third-order valence-corrected chi connectivity index (χ3v) is 2.91. The van der Waals surface area contributed by atoms with Crippen molar-refractivity contribution in [2.24, 2.45) is 5.73 Å². The molecule has 0 spiro atoms. The van der Waals surface area contributed by atoms with Crippen LogP contribution in [0.5, 0.6) is 0 Å². The van der Waals surface area contributed by atoms with Gasteiger partial charge in [-0.05, 0) is 28.1 Å². The molecule has 0 fully saturated rings. The Morgan fingerprint density at radius 3 is 2.67 bits per heavy atom. The minimum atomic E-state index is -1.21. The molecule has 98 valence electrons. The molecule has 18 heavy (non-hydrogen) atoms. The van der Waals surface area contributed by atoms with Crippen molar-refractivity contribution in [3.05, 3.63) is 27.4 Å². The number of nitrogens with one attached hydrogen (secondary N) is 1. The summed E-state index contributed by atoms with van der Waals surface area (Å²) in [5, 5.41) is 10.8. The molecule has 0 saturated carbocycles. The average molecular weight is 340 g/mol. The first-order valence-electron chi connectivity index (χ1n) is 4.74. The molecular formula is C10H9BrClFN2O3. The van der Waals surface area contributed by atoms with Crippen LogP contribution in [0.3, 0.4) is 0 Å². The highest BCUT2D eigenvalue weighted by Crippen LogP contribution is 2.31. The highest BCUT2D eigenvalue weighted by Gasteiger charge is 2.19. The molecule has 1 amide bonds. The maximum Gasteiger partial charge on any atom is 0.305 e. The first-order chi connectivity index (χ1) is 8.31. The molecule has 8 heteroatoms. The fourth-order valence-electron chi connectivity index (χ4n) is 1.16. The SMILES string of the molecule is NC(CC(=O)O)C(=O)Nc1c(Cl)cc(F)cc1Br. The second kappa shape index (κ2) is 6.12. The summed E-state index contributed by atoms with van der Waals surface area (Å²) in [6, 6.07) is 0.921. The van der Waals surface area contributed by atoms with Gasteiger partial charge in [0.2, 0.25) is 5.91 Å². The van der Waals surface area contributed by atoms with Gasteiger partial charge in [0, 0.05) is 4.47 Å². The van der Waals surface area contributed by atoms with E-state index in [1.54, 1.807) is 0 Å². The maximum absolute atomic E-state index is 12.9. The number of benzene rings is 1. The van der Waals surface area contributed by atoms with E-state index in [0.29, 0.717) is 0 Å². The van der Waals surface area contributed by atoms with E-state index in [9.17, 15) is 14.0 Å². The molecular weight excluding hydrogens is 330 g/mol. The lowest BCUT2D eigenvalue weighted by Gasteiger charge is -2.13. The van der Waals surface area contributed by atoms with Crippen LogP contribution in [0.4, 0.5) is 10.1 Å². The molecule has 0 saturated heterocycles. The molecule has 0 aliphatic heterocycles. The summed E-state index contributed by atoms with van der Waals surface area (Å²) in [5.74, 6) is -2.48. The summed E-state index contributed by atoms with van der Waals surface area (Å²) in [4.78, 5) is 22.0. The zero-order valence-corrected chi connectivity index (χ0v) is 11.3. The molecule has 0 bridgehead atoms. The van der Waals surface area contributed by atoms with Crippen LogP contribution < -0.4 is 11.1 Å². The molecule has 1 aromatic carbocycles. The van der Waals surface area contributed by atoms with E-state index in [4.69, 9.17) is 22.4 Å². The number of anilines is 1. The average Bonchev–Trinajstić information content (AvgIpc) is 2.21. The van der Waals surface area contributed by atoms with Gasteiger partial charge in [0.15, 0.2) is 0 Å². The first kappa shape index (κ1) is 14.9. The summed E-state index contributed by atoms with van der Waals surface area (Å²) >= 11 is 8.78. The zero-order valence-electron chi connectivity index (χ0n) is 8.91. The number of aliphatic carboxylic acids is 1. The fraction of sp³-hybridized carbons (Fsp3) is 0.200. The Bertz CT molecular complexity index is 475. The highest BCUT2D eigenvalue weighted by molar-refractivity contribution is 9.10. The second-order valence-corrected chi connectivity index (χ2v) is 4.70. The number of hydrogen-bond acceptors (Lipinski definition) is 3. The lowest BCUT2D eigenvalue weighted by molar-refractivity contribution is -0.138. The van der Waals surface area contributed by atoms with Gasteiger partial charge in [-0.15, -0.1) is 0 Å². The highest BCUT2D eigenvalue weighted by atomic mass is 79.9. The van der Waals surface area contributed by atoms with Crippen LogP contribution in [0.15, 0.2) is 16.6 Å². The third-order valence-electron chi connectivity index (χ3n) is 1.99. The van der Waals surface area contributed by atoms with Crippen LogP contribution in [0.1, 0.15) is 6.42 Å². The minimum absolute atomic E-state index is 0.0160. The summed E-state index contributed by atoms with van der Waals surface area (Å²) in [6.07, 6.45) is -0.512. The maximum atomic E-state index is 12.9. The van der Waals surface area contributed by atoms with E-state index in [0.717, 1.165) is 12.1 Å². The van der Waals surface area contributed by atoms with Gasteiger partial charge in [-0.3, -0.25) is 9.59 Å². The zero-order chi connectivity index (χ0) is 13.9. The molecule has 0 radical (unpaired) electrons. The predicted molar refractivity (Wildman–Crippen MR) is 68.0 cm³/mol. The van der Waals surface area contributed by atoms with Gasteiger partial charge >= 0.3 is 5.97 Å². The number of hydrogen-bond donors (Lipinski definition) is 3. The number of carbonyl (C=O) groups excluding carboxylic acids is 1. The Hall–Kier alpha value is -1.18. The number of amides is 1. The van der Waals surface area contributed by atoms with Crippen LogP contribution >= 0.6 is 27.5 Å². The molecule has 0 aliphatic rings. The molecule has 1 aromatic rings. The Morgan fingerprint density at radius 2 is 2.17 bits per heavy atom. The van der Waals surface area contributed by atoms with E-state index < -0.39 is 30.2 Å². The van der Waals surface area contributed by atoms with Gasteiger partial charge in [0.1, 0.15) is 5.82 Å². The molecule has 0 aromatic heterocycles. The van der Waals surface area contributed by atoms with Crippen LogP contribution in [-0.2, 0) is 9.59 Å². The molecule has 1 unspecified atom stereocenters. The van der Waals surface area contributed by atoms with E-state index in [1.807, 2.05) is 0 Å². The van der Waals surface area contributed by atoms with Crippen molar-refractivity contribution in [3.63, 3.8) is 0 Å². The normalized spacial score (nSPS) is 12.0. The van der Waals surface area contributed by atoms with Crippen molar-refractivity contribution < 1.29 is 19.1 Å². The van der Waals surface area contributed by atoms with Crippen molar-refractivity contribution in [1.29, 1.82) is 0 Å². The smallest absolute Gasteiger partial charge is 0.305 e. The molecule has 0 heterocycles. The van der Waals surface area contributed by atoms with Crippen molar-refractivity contribution in [2.45, 2.75) is 12.5 Å². The summed E-state index contributed by atoms with van der Waals surface area (Å²) in [7, 11) is 0. The minimum Gasteiger partial charge on any atom is -0.481 e. The standard InChI is InChI=1S/C10H9BrClFN2O3/c11-5-1-4(13)2-6(12)9(5)15-10(18)7(14)3-8(16)17/h1-2,7H,3,14H2,(H,15,18)(H,16,17). The monoisotopic (exact) mass is 338 g/mol. The van der Waals surface area contributed by atoms with Crippen LogP contribution in [0.25, 0.3) is 0 Å². The summed E-state index contributed by atoms with van der Waals surface area (Å²) in [5.41, 5.74) is 5.51. The van der Waals surface area contributed by atoms with Gasteiger partial charge < -0.3 is 16.2 Å². The number of carboxylic acids is 1. The van der Waals surface area contributed by atoms with E-state index in [2.05, 4.69) is 21.2 Å². The molecule has 1 rings (SSSR count). The number of nitrogens with two attached hydrogens (primary N) is 1. The Labute approximate surface area is 115 Å². The Balaban J connectivity index is 2.85. The summed E-state index contributed by atoms with van der Waals surface area (Å²) in [6.45, 7) is 0. The van der Waals surface area contributed by atoms with Gasteiger partial charge in [0.25, 0.3) is 0 Å². The number of carboxylic acid groups (broad SMARTS) is 1. The number of carbonyl (C=O) groups is 2. The van der Waals surface area contributed by atoms with Crippen LogP contribution in [0.2, 0.25) is 5.02 Å². The quantitative estimate of drug-likeness (QED) is 0.782. The molecule has 4 N–H and O–H groups in total. The Kier molecular flexibility index (Phi) is 5.06. The van der Waals surface area contributed by atoms with Crippen LogP contribution in [0, 0.1) is 5.82 Å². The van der Waals surface area contributed by atoms with E-state index in [-0.39, 0.29) is 15.2 Å². The van der Waals surface area contributed by atoms with Gasteiger partial charge in [-0.1, -0.05) is 11.6 Å². The van der Waals surface area contributed by atoms with Crippen LogP contribution in [-0.4, -0.2) is 23.0 Å². The molecule has 1 atom stereocenters. The van der Waals surface area contributed by atoms with E-state index in [1.165, 1.54) is 0 Å². The Morgan fingerprint density at radius 1 is 1.56 bits per heavy atom. The molecule has 5 nitrogen and oxygen atoms in total. The fourth-order valence-corrected chi connectivity index (χ4v) is 2.06. The van der Waals surface area contributed by atoms with Gasteiger partial charge in [-0.25, -0.2) is 4.39 Å². The topological polar surface area (TPSA) is 92.4 Å². The van der Waals surface area contributed by atoms with Crippen molar-refractivity contribution in [2.75, 3.05) is 5.32 Å². The van der Waals surface area contributed by atoms with Crippen molar-refractivity contribution >= 4 is 45.1 Å². The van der Waals surface area contributed by atoms with Gasteiger partial charge in [0.05, 0.1) is 23.2 Å². The summed E-state index contributed by atoms with van der Waals surface area (Å²) < 4.78 is 13.2. The second-order valence-electron chi connectivity index (χ2n) is 3.44.